The van der Waals surface area contributed by atoms with Gasteiger partial charge in [-0.25, -0.2) is 4.79 Å². The van der Waals surface area contributed by atoms with Crippen molar-refractivity contribution < 1.29 is 14.1 Å². The molecule has 0 aliphatic rings. The van der Waals surface area contributed by atoms with Crippen LogP contribution in [-0.4, -0.2) is 23.2 Å². The Bertz CT molecular complexity index is 768. The minimum Gasteiger partial charge on any atom is -0.452 e. The van der Waals surface area contributed by atoms with E-state index < -0.39 is 5.97 Å². The van der Waals surface area contributed by atoms with Crippen molar-refractivity contribution >= 4 is 23.0 Å². The third kappa shape index (κ3) is 2.99. The lowest BCUT2D eigenvalue weighted by atomic mass is 10.2. The fourth-order valence-electron chi connectivity index (χ4n) is 1.91. The van der Waals surface area contributed by atoms with E-state index >= 15 is 0 Å². The van der Waals surface area contributed by atoms with Crippen molar-refractivity contribution in [3.05, 3.63) is 52.5 Å². The number of carbonyl (C=O) groups excluding carboxylic acids is 1. The van der Waals surface area contributed by atoms with Gasteiger partial charge in [0.1, 0.15) is 0 Å². The number of aromatic nitrogens is 2. The molecule has 0 aliphatic heterocycles. The molecule has 22 heavy (non-hydrogen) atoms. The van der Waals surface area contributed by atoms with Crippen LogP contribution in [0.25, 0.3) is 11.4 Å². The van der Waals surface area contributed by atoms with Gasteiger partial charge in [0.2, 0.25) is 5.82 Å². The van der Waals surface area contributed by atoms with E-state index in [0.717, 1.165) is 5.56 Å². The number of nitrogens with zero attached hydrogens (tertiary/aromatic N) is 2. The summed E-state index contributed by atoms with van der Waals surface area (Å²) in [6.45, 7) is -0.0615. The molecule has 0 radical (unpaired) electrons. The first-order valence-corrected chi connectivity index (χ1v) is 7.51. The van der Waals surface area contributed by atoms with Gasteiger partial charge >= 0.3 is 5.97 Å². The summed E-state index contributed by atoms with van der Waals surface area (Å²) in [5.74, 6) is 0.305. The predicted octanol–water partition coefficient (Wildman–Crippen LogP) is 3.20. The molecule has 2 heterocycles. The van der Waals surface area contributed by atoms with E-state index in [0.29, 0.717) is 17.1 Å². The number of para-hydroxylation sites is 1. The van der Waals surface area contributed by atoms with Crippen LogP contribution in [0.3, 0.4) is 0 Å². The second kappa shape index (κ2) is 6.40. The summed E-state index contributed by atoms with van der Waals surface area (Å²) in [6, 6.07) is 9.01. The lowest BCUT2D eigenvalue weighted by Crippen LogP contribution is -2.08. The van der Waals surface area contributed by atoms with Gasteiger partial charge in [-0.15, -0.1) is 0 Å². The van der Waals surface area contributed by atoms with E-state index in [2.05, 4.69) is 15.5 Å². The number of nitrogens with one attached hydrogen (secondary N) is 1. The van der Waals surface area contributed by atoms with Crippen LogP contribution in [0.1, 0.15) is 16.2 Å². The van der Waals surface area contributed by atoms with Crippen molar-refractivity contribution in [3.8, 4) is 11.4 Å². The highest BCUT2D eigenvalue weighted by atomic mass is 32.1. The molecule has 0 aliphatic carbocycles. The predicted molar refractivity (Wildman–Crippen MR) is 82.7 cm³/mol. The highest BCUT2D eigenvalue weighted by molar-refractivity contribution is 7.08. The number of hydrogen-bond acceptors (Lipinski definition) is 7. The van der Waals surface area contributed by atoms with E-state index in [1.54, 1.807) is 36.6 Å². The summed E-state index contributed by atoms with van der Waals surface area (Å²) in [6.07, 6.45) is 0. The molecule has 0 atom stereocenters. The molecular weight excluding hydrogens is 302 g/mol. The normalized spacial score (nSPS) is 10.4. The first kappa shape index (κ1) is 14.3. The largest absolute Gasteiger partial charge is 0.452 e. The Labute approximate surface area is 130 Å². The van der Waals surface area contributed by atoms with E-state index in [-0.39, 0.29) is 12.5 Å². The smallest absolute Gasteiger partial charge is 0.340 e. The zero-order chi connectivity index (χ0) is 15.4. The topological polar surface area (TPSA) is 77.2 Å². The molecule has 6 nitrogen and oxygen atoms in total. The van der Waals surface area contributed by atoms with Gasteiger partial charge in [-0.05, 0) is 23.6 Å². The van der Waals surface area contributed by atoms with Crippen molar-refractivity contribution in [2.75, 3.05) is 12.4 Å². The minimum atomic E-state index is -0.444. The number of esters is 1. The van der Waals surface area contributed by atoms with E-state index in [1.165, 1.54) is 0 Å². The standard InChI is InChI=1S/C15H13N3O3S/c1-16-12-5-3-2-4-11(12)15(19)20-8-13-17-14(18-21-13)10-6-7-22-9-10/h2-7,9,16H,8H2,1H3. The molecule has 1 aromatic carbocycles. The van der Waals surface area contributed by atoms with Crippen LogP contribution in [0.2, 0.25) is 0 Å². The molecule has 0 spiro atoms. The molecule has 0 amide bonds. The molecule has 3 rings (SSSR count). The number of benzene rings is 1. The monoisotopic (exact) mass is 315 g/mol. The van der Waals surface area contributed by atoms with Crippen LogP contribution in [0.4, 0.5) is 5.69 Å². The van der Waals surface area contributed by atoms with Crippen molar-refractivity contribution in [2.24, 2.45) is 0 Å². The summed E-state index contributed by atoms with van der Waals surface area (Å²) < 4.78 is 10.3. The van der Waals surface area contributed by atoms with E-state index in [9.17, 15) is 4.79 Å². The fourth-order valence-corrected chi connectivity index (χ4v) is 2.54. The zero-order valence-electron chi connectivity index (χ0n) is 11.8. The minimum absolute atomic E-state index is 0.0615. The molecular formula is C15H13N3O3S. The average molecular weight is 315 g/mol. The van der Waals surface area contributed by atoms with E-state index in [1.807, 2.05) is 22.9 Å². The van der Waals surface area contributed by atoms with Gasteiger partial charge in [0.15, 0.2) is 6.61 Å². The summed E-state index contributed by atoms with van der Waals surface area (Å²) in [5, 5.41) is 10.7. The quantitative estimate of drug-likeness (QED) is 0.729. The Morgan fingerprint density at radius 2 is 2.23 bits per heavy atom. The molecule has 2 aromatic heterocycles. The Hall–Kier alpha value is -2.67. The van der Waals surface area contributed by atoms with Crippen LogP contribution in [0, 0.1) is 0 Å². The molecule has 3 aromatic rings. The lowest BCUT2D eigenvalue weighted by Gasteiger charge is -2.07. The number of hydrogen-bond donors (Lipinski definition) is 1. The van der Waals surface area contributed by atoms with Gasteiger partial charge < -0.3 is 14.6 Å². The fraction of sp³-hybridized carbons (Fsp3) is 0.133. The molecule has 0 saturated carbocycles. The Kier molecular flexibility index (Phi) is 4.15. The van der Waals surface area contributed by atoms with Gasteiger partial charge in [0.25, 0.3) is 5.89 Å². The first-order valence-electron chi connectivity index (χ1n) is 6.57. The first-order chi connectivity index (χ1) is 10.8. The number of anilines is 1. The third-order valence-corrected chi connectivity index (χ3v) is 3.67. The van der Waals surface area contributed by atoms with E-state index in [4.69, 9.17) is 9.26 Å². The van der Waals surface area contributed by atoms with Gasteiger partial charge in [-0.2, -0.15) is 16.3 Å². The summed E-state index contributed by atoms with van der Waals surface area (Å²) >= 11 is 1.55. The van der Waals surface area contributed by atoms with Gasteiger partial charge in [0.05, 0.1) is 5.56 Å². The highest BCUT2D eigenvalue weighted by Gasteiger charge is 2.14. The molecule has 0 bridgehead atoms. The molecule has 112 valence electrons. The maximum absolute atomic E-state index is 12.1. The van der Waals surface area contributed by atoms with Gasteiger partial charge in [-0.3, -0.25) is 0 Å². The van der Waals surface area contributed by atoms with Crippen molar-refractivity contribution in [3.63, 3.8) is 0 Å². The van der Waals surface area contributed by atoms with Crippen LogP contribution in [0.5, 0.6) is 0 Å². The molecule has 0 unspecified atom stereocenters. The number of rotatable bonds is 5. The maximum atomic E-state index is 12.1. The molecule has 7 heteroatoms. The van der Waals surface area contributed by atoms with Crippen molar-refractivity contribution in [1.82, 2.24) is 10.1 Å². The SMILES string of the molecule is CNc1ccccc1C(=O)OCc1nc(-c2ccsc2)no1. The Morgan fingerprint density at radius 3 is 3.00 bits per heavy atom. The molecule has 0 fully saturated rings. The number of carbonyl (C=O) groups is 1. The summed E-state index contributed by atoms with van der Waals surface area (Å²) in [5.41, 5.74) is 2.05. The maximum Gasteiger partial charge on any atom is 0.340 e. The zero-order valence-corrected chi connectivity index (χ0v) is 12.6. The third-order valence-electron chi connectivity index (χ3n) is 2.99. The summed E-state index contributed by atoms with van der Waals surface area (Å²) in [7, 11) is 1.75. The molecule has 0 saturated heterocycles. The number of thiophene rings is 1. The second-order valence-electron chi connectivity index (χ2n) is 4.40. The van der Waals surface area contributed by atoms with Crippen molar-refractivity contribution in [2.45, 2.75) is 6.61 Å². The number of ether oxygens (including phenoxy) is 1. The van der Waals surface area contributed by atoms with Crippen molar-refractivity contribution in [1.29, 1.82) is 0 Å². The van der Waals surface area contributed by atoms with Gasteiger partial charge in [-0.1, -0.05) is 17.3 Å². The average Bonchev–Trinajstić information content (AvgIpc) is 3.23. The molecule has 1 N–H and O–H groups in total. The Morgan fingerprint density at radius 1 is 1.36 bits per heavy atom. The highest BCUT2D eigenvalue weighted by Crippen LogP contribution is 2.19. The second-order valence-corrected chi connectivity index (χ2v) is 5.18. The van der Waals surface area contributed by atoms with Crippen LogP contribution in [0.15, 0.2) is 45.6 Å². The van der Waals surface area contributed by atoms with Crippen LogP contribution in [-0.2, 0) is 11.3 Å². The Balaban J connectivity index is 1.66. The lowest BCUT2D eigenvalue weighted by molar-refractivity contribution is 0.0431. The van der Waals surface area contributed by atoms with Crippen LogP contribution < -0.4 is 5.32 Å². The summed E-state index contributed by atoms with van der Waals surface area (Å²) in [4.78, 5) is 16.3. The van der Waals surface area contributed by atoms with Crippen LogP contribution >= 0.6 is 11.3 Å². The van der Waals surface area contributed by atoms with Gasteiger partial charge in [0, 0.05) is 23.7 Å².